The average Bonchev–Trinajstić information content (AvgIpc) is 3.08. The summed E-state index contributed by atoms with van der Waals surface area (Å²) in [5.74, 6) is -0.00432. The fraction of sp³-hybridized carbons (Fsp3) is 0.222. The Morgan fingerprint density at radius 3 is 2.65 bits per heavy atom. The van der Waals surface area contributed by atoms with Gasteiger partial charge in [0.2, 0.25) is 0 Å². The lowest BCUT2D eigenvalue weighted by Crippen LogP contribution is -2.27. The summed E-state index contributed by atoms with van der Waals surface area (Å²) in [6.45, 7) is 6.76. The quantitative estimate of drug-likeness (QED) is 0.614. The second kappa shape index (κ2) is 6.34. The van der Waals surface area contributed by atoms with E-state index in [1.807, 2.05) is 31.3 Å². The number of hydrogen-bond acceptors (Lipinski definition) is 3. The third-order valence-corrected chi connectivity index (χ3v) is 5.40. The Balaban J connectivity index is 1.99. The van der Waals surface area contributed by atoms with Crippen LogP contribution < -0.4 is 0 Å². The number of nitrogens with zero attached hydrogens (tertiary/aromatic N) is 2. The molecule has 0 bridgehead atoms. The fourth-order valence-corrected chi connectivity index (χ4v) is 3.90. The summed E-state index contributed by atoms with van der Waals surface area (Å²) < 4.78 is 2.72. The zero-order valence-electron chi connectivity index (χ0n) is 13.4. The molecule has 3 nitrogen and oxygen atoms in total. The first-order chi connectivity index (χ1) is 11.0. The Bertz CT molecular complexity index is 820. The molecule has 1 amide bonds. The number of aromatic nitrogens is 1. The van der Waals surface area contributed by atoms with Crippen molar-refractivity contribution in [1.29, 1.82) is 0 Å². The molecule has 0 spiro atoms. The highest BCUT2D eigenvalue weighted by Crippen LogP contribution is 2.32. The van der Waals surface area contributed by atoms with Gasteiger partial charge in [-0.1, -0.05) is 30.0 Å². The maximum atomic E-state index is 12.4. The van der Waals surface area contributed by atoms with Crippen molar-refractivity contribution < 1.29 is 4.79 Å². The number of rotatable bonds is 3. The lowest BCUT2D eigenvalue weighted by atomic mass is 10.1. The van der Waals surface area contributed by atoms with E-state index in [0.29, 0.717) is 15.8 Å². The second-order valence-electron chi connectivity index (χ2n) is 5.50. The van der Waals surface area contributed by atoms with Crippen LogP contribution in [0.2, 0.25) is 0 Å². The van der Waals surface area contributed by atoms with Crippen LogP contribution >= 0.6 is 24.0 Å². The third kappa shape index (κ3) is 2.99. The van der Waals surface area contributed by atoms with Crippen LogP contribution in [0.25, 0.3) is 11.8 Å². The van der Waals surface area contributed by atoms with E-state index in [2.05, 4.69) is 36.6 Å². The molecule has 1 aromatic carbocycles. The molecule has 1 fully saturated rings. The average molecular weight is 342 g/mol. The van der Waals surface area contributed by atoms with Crippen molar-refractivity contribution in [2.75, 3.05) is 6.54 Å². The smallest absolute Gasteiger partial charge is 0.266 e. The van der Waals surface area contributed by atoms with E-state index in [-0.39, 0.29) is 5.91 Å². The summed E-state index contributed by atoms with van der Waals surface area (Å²) in [5, 5.41) is 0. The highest BCUT2D eigenvalue weighted by Gasteiger charge is 2.30. The van der Waals surface area contributed by atoms with Gasteiger partial charge in [0.1, 0.15) is 4.32 Å². The highest BCUT2D eigenvalue weighted by molar-refractivity contribution is 8.26. The van der Waals surface area contributed by atoms with Crippen LogP contribution in [-0.4, -0.2) is 26.2 Å². The summed E-state index contributed by atoms with van der Waals surface area (Å²) in [5.41, 5.74) is 4.59. The number of carbonyl (C=O) groups is 1. The largest absolute Gasteiger partial charge is 0.317 e. The van der Waals surface area contributed by atoms with Gasteiger partial charge in [-0.3, -0.25) is 9.69 Å². The molecule has 118 valence electrons. The van der Waals surface area contributed by atoms with Crippen LogP contribution in [0.1, 0.15) is 23.7 Å². The Kier molecular flexibility index (Phi) is 4.41. The lowest BCUT2D eigenvalue weighted by molar-refractivity contribution is -0.121. The highest BCUT2D eigenvalue weighted by atomic mass is 32.2. The number of thiocarbonyl (C=S) groups is 1. The third-order valence-electron chi connectivity index (χ3n) is 4.02. The van der Waals surface area contributed by atoms with Gasteiger partial charge in [-0.15, -0.1) is 0 Å². The molecule has 3 rings (SSSR count). The zero-order chi connectivity index (χ0) is 16.6. The maximum Gasteiger partial charge on any atom is 0.266 e. The van der Waals surface area contributed by atoms with Crippen LogP contribution in [0.5, 0.6) is 0 Å². The van der Waals surface area contributed by atoms with Crippen LogP contribution in [-0.2, 0) is 4.79 Å². The second-order valence-corrected chi connectivity index (χ2v) is 7.17. The van der Waals surface area contributed by atoms with E-state index in [0.717, 1.165) is 11.4 Å². The van der Waals surface area contributed by atoms with Crippen molar-refractivity contribution in [3.63, 3.8) is 0 Å². The van der Waals surface area contributed by atoms with E-state index >= 15 is 0 Å². The van der Waals surface area contributed by atoms with Crippen LogP contribution in [0.15, 0.2) is 41.4 Å². The van der Waals surface area contributed by atoms with Crippen LogP contribution in [0, 0.1) is 13.8 Å². The van der Waals surface area contributed by atoms with Gasteiger partial charge in [-0.05, 0) is 62.2 Å². The SMILES string of the molecule is CCN1C(=O)/C(=C/c2cccn2-c2ccc(C)c(C)c2)SC1=S. The summed E-state index contributed by atoms with van der Waals surface area (Å²) in [7, 11) is 0. The molecule has 1 aliphatic heterocycles. The summed E-state index contributed by atoms with van der Waals surface area (Å²) >= 11 is 6.64. The molecule has 0 radical (unpaired) electrons. The minimum atomic E-state index is -0.00432. The van der Waals surface area contributed by atoms with E-state index in [1.54, 1.807) is 4.90 Å². The van der Waals surface area contributed by atoms with Gasteiger partial charge in [-0.25, -0.2) is 0 Å². The van der Waals surface area contributed by atoms with Crippen molar-refractivity contribution in [3.8, 4) is 5.69 Å². The number of likely N-dealkylation sites (N-methyl/N-ethyl adjacent to an activating group) is 1. The van der Waals surface area contributed by atoms with E-state index in [9.17, 15) is 4.79 Å². The maximum absolute atomic E-state index is 12.4. The normalized spacial score (nSPS) is 16.7. The van der Waals surface area contributed by atoms with E-state index in [4.69, 9.17) is 12.2 Å². The van der Waals surface area contributed by atoms with E-state index < -0.39 is 0 Å². The van der Waals surface area contributed by atoms with Crippen molar-refractivity contribution >= 4 is 40.3 Å². The van der Waals surface area contributed by atoms with Gasteiger partial charge in [0, 0.05) is 24.1 Å². The zero-order valence-corrected chi connectivity index (χ0v) is 15.0. The molecule has 2 aromatic rings. The lowest BCUT2D eigenvalue weighted by Gasteiger charge is -2.10. The summed E-state index contributed by atoms with van der Waals surface area (Å²) in [6, 6.07) is 10.4. The summed E-state index contributed by atoms with van der Waals surface area (Å²) in [6.07, 6.45) is 3.93. The van der Waals surface area contributed by atoms with Gasteiger partial charge in [-0.2, -0.15) is 0 Å². The van der Waals surface area contributed by atoms with Crippen LogP contribution in [0.4, 0.5) is 0 Å². The summed E-state index contributed by atoms with van der Waals surface area (Å²) in [4.78, 5) is 14.7. The Morgan fingerprint density at radius 2 is 2.00 bits per heavy atom. The van der Waals surface area contributed by atoms with Gasteiger partial charge >= 0.3 is 0 Å². The fourth-order valence-electron chi connectivity index (χ4n) is 2.53. The van der Waals surface area contributed by atoms with Crippen molar-refractivity contribution in [2.45, 2.75) is 20.8 Å². The number of amides is 1. The predicted molar refractivity (Wildman–Crippen MR) is 101 cm³/mol. The van der Waals surface area contributed by atoms with Gasteiger partial charge < -0.3 is 4.57 Å². The standard InChI is InChI=1S/C18H18N2OS2/c1-4-19-17(21)16(23-18(19)22)11-14-6-5-9-20(14)15-8-7-12(2)13(3)10-15/h5-11H,4H2,1-3H3/b16-11-. The first-order valence-electron chi connectivity index (χ1n) is 7.51. The Morgan fingerprint density at radius 1 is 1.22 bits per heavy atom. The molecule has 1 aliphatic rings. The molecule has 0 N–H and O–H groups in total. The number of hydrogen-bond donors (Lipinski definition) is 0. The van der Waals surface area contributed by atoms with Crippen molar-refractivity contribution in [3.05, 3.63) is 58.3 Å². The molecule has 5 heteroatoms. The van der Waals surface area contributed by atoms with Crippen LogP contribution in [0.3, 0.4) is 0 Å². The first-order valence-corrected chi connectivity index (χ1v) is 8.74. The van der Waals surface area contributed by atoms with Gasteiger partial charge in [0.05, 0.1) is 4.91 Å². The number of benzene rings is 1. The van der Waals surface area contributed by atoms with Gasteiger partial charge in [0.15, 0.2) is 0 Å². The number of thioether (sulfide) groups is 1. The molecular formula is C18H18N2OS2. The Hall–Kier alpha value is -1.85. The topological polar surface area (TPSA) is 25.2 Å². The van der Waals surface area contributed by atoms with Crippen molar-refractivity contribution in [2.24, 2.45) is 0 Å². The molecule has 0 saturated carbocycles. The van der Waals surface area contributed by atoms with E-state index in [1.165, 1.54) is 22.9 Å². The molecule has 23 heavy (non-hydrogen) atoms. The first kappa shape index (κ1) is 16.0. The molecule has 0 unspecified atom stereocenters. The minimum Gasteiger partial charge on any atom is -0.317 e. The molecule has 1 saturated heterocycles. The van der Waals surface area contributed by atoms with Crippen molar-refractivity contribution in [1.82, 2.24) is 9.47 Å². The Labute approximate surface area is 146 Å². The monoisotopic (exact) mass is 342 g/mol. The molecule has 0 atom stereocenters. The molecular weight excluding hydrogens is 324 g/mol. The predicted octanol–water partition coefficient (Wildman–Crippen LogP) is 4.32. The van der Waals surface area contributed by atoms with Gasteiger partial charge in [0.25, 0.3) is 5.91 Å². The molecule has 1 aromatic heterocycles. The number of aryl methyl sites for hydroxylation is 2. The minimum absolute atomic E-state index is 0.00432. The number of carbonyl (C=O) groups excluding carboxylic acids is 1. The molecule has 0 aliphatic carbocycles. The molecule has 2 heterocycles.